The summed E-state index contributed by atoms with van der Waals surface area (Å²) in [4.78, 5) is 0. The summed E-state index contributed by atoms with van der Waals surface area (Å²) in [5.41, 5.74) is 3.54. The molecule has 2 aromatic carbocycles. The summed E-state index contributed by atoms with van der Waals surface area (Å²) in [6.07, 6.45) is 0. The van der Waals surface area contributed by atoms with E-state index in [1.165, 1.54) is 0 Å². The summed E-state index contributed by atoms with van der Waals surface area (Å²) in [5, 5.41) is 6.33. The molecule has 0 fully saturated rings. The van der Waals surface area contributed by atoms with Crippen LogP contribution in [0.5, 0.6) is 0 Å². The molecule has 0 saturated carbocycles. The maximum Gasteiger partial charge on any atom is 0.330 e. The van der Waals surface area contributed by atoms with E-state index in [2.05, 4.69) is 10.2 Å². The van der Waals surface area contributed by atoms with Crippen molar-refractivity contribution < 1.29 is 18.8 Å². The van der Waals surface area contributed by atoms with Crippen molar-refractivity contribution in [3.63, 3.8) is 0 Å². The molecule has 1 heterocycles. The molecule has 8 heteroatoms. The zero-order chi connectivity index (χ0) is 19.8. The number of anilines is 2. The van der Waals surface area contributed by atoms with Crippen molar-refractivity contribution in [1.29, 1.82) is 0 Å². The highest BCUT2D eigenvalue weighted by Gasteiger charge is 2.25. The van der Waals surface area contributed by atoms with Crippen molar-refractivity contribution >= 4 is 19.0 Å². The zero-order valence-corrected chi connectivity index (χ0v) is 17.3. The minimum Gasteiger partial charge on any atom is -0.377 e. The SMILES string of the molecule is CN(C)P1(=O)Nc2cccc(c2)COCCOCCOCc2cccc(c2)N1. The lowest BCUT2D eigenvalue weighted by Gasteiger charge is -2.28. The Kier molecular flexibility index (Phi) is 7.48. The van der Waals surface area contributed by atoms with Crippen LogP contribution in [-0.2, 0) is 32.0 Å². The van der Waals surface area contributed by atoms with Gasteiger partial charge in [0.05, 0.1) is 39.6 Å². The lowest BCUT2D eigenvalue weighted by atomic mass is 10.2. The molecule has 152 valence electrons. The molecule has 28 heavy (non-hydrogen) atoms. The van der Waals surface area contributed by atoms with Crippen molar-refractivity contribution in [1.82, 2.24) is 4.67 Å². The molecule has 0 atom stereocenters. The number of benzene rings is 2. The van der Waals surface area contributed by atoms with Gasteiger partial charge in [-0.15, -0.1) is 0 Å². The highest BCUT2D eigenvalue weighted by molar-refractivity contribution is 7.64. The third-order valence-corrected chi connectivity index (χ3v) is 6.51. The summed E-state index contributed by atoms with van der Waals surface area (Å²) in [7, 11) is 0.479. The monoisotopic (exact) mass is 405 g/mol. The molecule has 2 aromatic rings. The third kappa shape index (κ3) is 6.06. The van der Waals surface area contributed by atoms with E-state index in [9.17, 15) is 4.57 Å². The first-order valence-corrected chi connectivity index (χ1v) is 11.0. The molecule has 3 rings (SSSR count). The molecule has 0 amide bonds. The van der Waals surface area contributed by atoms with Gasteiger partial charge in [0, 0.05) is 11.4 Å². The number of rotatable bonds is 1. The third-order valence-electron chi connectivity index (χ3n) is 4.26. The molecule has 0 aromatic heterocycles. The first kappa shape index (κ1) is 20.8. The number of hydrogen-bond acceptors (Lipinski definition) is 4. The molecule has 0 spiro atoms. The maximum atomic E-state index is 13.6. The molecular weight excluding hydrogens is 377 g/mol. The first-order chi connectivity index (χ1) is 13.5. The average Bonchev–Trinajstić information content (AvgIpc) is 2.66. The van der Waals surface area contributed by atoms with Gasteiger partial charge in [0.2, 0.25) is 0 Å². The summed E-state index contributed by atoms with van der Waals surface area (Å²) < 4.78 is 32.1. The van der Waals surface area contributed by atoms with Crippen LogP contribution in [0.1, 0.15) is 11.1 Å². The van der Waals surface area contributed by atoms with E-state index in [0.29, 0.717) is 39.6 Å². The molecule has 1 aliphatic heterocycles. The fourth-order valence-corrected chi connectivity index (χ4v) is 4.19. The Balaban J connectivity index is 1.85. The number of nitrogens with one attached hydrogen (secondary N) is 2. The fraction of sp³-hybridized carbons (Fsp3) is 0.400. The summed E-state index contributed by atoms with van der Waals surface area (Å²) >= 11 is 0. The lowest BCUT2D eigenvalue weighted by Crippen LogP contribution is -2.20. The van der Waals surface area contributed by atoms with E-state index in [1.54, 1.807) is 18.8 Å². The highest BCUT2D eigenvalue weighted by atomic mass is 31.2. The van der Waals surface area contributed by atoms with Gasteiger partial charge in [0.1, 0.15) is 0 Å². The van der Waals surface area contributed by atoms with Gasteiger partial charge in [-0.3, -0.25) is 4.57 Å². The van der Waals surface area contributed by atoms with Gasteiger partial charge in [-0.2, -0.15) is 0 Å². The van der Waals surface area contributed by atoms with E-state index >= 15 is 0 Å². The predicted octanol–water partition coefficient (Wildman–Crippen LogP) is 3.94. The minimum absolute atomic E-state index is 0.469. The summed E-state index contributed by atoms with van der Waals surface area (Å²) in [5.74, 6) is 0. The van der Waals surface area contributed by atoms with E-state index in [4.69, 9.17) is 14.2 Å². The van der Waals surface area contributed by atoms with Crippen LogP contribution in [0.25, 0.3) is 0 Å². The summed E-state index contributed by atoms with van der Waals surface area (Å²) in [6, 6.07) is 15.5. The Morgan fingerprint density at radius 1 is 0.786 bits per heavy atom. The number of fused-ring (bicyclic) bond motifs is 4. The average molecular weight is 405 g/mol. The molecule has 7 nitrogen and oxygen atoms in total. The van der Waals surface area contributed by atoms with Crippen LogP contribution in [0, 0.1) is 0 Å². The van der Waals surface area contributed by atoms with Crippen LogP contribution in [0.15, 0.2) is 48.5 Å². The van der Waals surface area contributed by atoms with Crippen LogP contribution in [-0.4, -0.2) is 45.2 Å². The van der Waals surface area contributed by atoms with Crippen LogP contribution in [0.3, 0.4) is 0 Å². The van der Waals surface area contributed by atoms with Crippen LogP contribution >= 0.6 is 7.59 Å². The van der Waals surface area contributed by atoms with Crippen LogP contribution < -0.4 is 10.2 Å². The van der Waals surface area contributed by atoms with Gasteiger partial charge < -0.3 is 24.4 Å². The largest absolute Gasteiger partial charge is 0.377 e. The zero-order valence-electron chi connectivity index (χ0n) is 16.4. The van der Waals surface area contributed by atoms with E-state index in [-0.39, 0.29) is 0 Å². The van der Waals surface area contributed by atoms with Crippen molar-refractivity contribution in [2.75, 3.05) is 50.7 Å². The van der Waals surface area contributed by atoms with Crippen molar-refractivity contribution in [3.05, 3.63) is 59.7 Å². The molecule has 0 radical (unpaired) electrons. The maximum absolute atomic E-state index is 13.6. The smallest absolute Gasteiger partial charge is 0.330 e. The van der Waals surface area contributed by atoms with Crippen molar-refractivity contribution in [3.8, 4) is 0 Å². The normalized spacial score (nSPS) is 18.4. The molecule has 0 aliphatic carbocycles. The van der Waals surface area contributed by atoms with Crippen LogP contribution in [0.2, 0.25) is 0 Å². The van der Waals surface area contributed by atoms with E-state index < -0.39 is 7.59 Å². The van der Waals surface area contributed by atoms with Gasteiger partial charge >= 0.3 is 7.59 Å². The van der Waals surface area contributed by atoms with Crippen LogP contribution in [0.4, 0.5) is 11.4 Å². The number of nitrogens with zero attached hydrogens (tertiary/aromatic N) is 1. The Morgan fingerprint density at radius 2 is 1.25 bits per heavy atom. The Morgan fingerprint density at radius 3 is 1.71 bits per heavy atom. The molecule has 0 saturated heterocycles. The second-order valence-electron chi connectivity index (χ2n) is 6.77. The van der Waals surface area contributed by atoms with Crippen molar-refractivity contribution in [2.45, 2.75) is 13.2 Å². The quantitative estimate of drug-likeness (QED) is 0.696. The lowest BCUT2D eigenvalue weighted by molar-refractivity contribution is 0.00705. The van der Waals surface area contributed by atoms with Crippen molar-refractivity contribution in [2.24, 2.45) is 0 Å². The molecular formula is C20H28N3O4P. The molecule has 4 bridgehead atoms. The Bertz CT molecular complexity index is 756. The Labute approximate surface area is 166 Å². The van der Waals surface area contributed by atoms with E-state index in [0.717, 1.165) is 22.5 Å². The molecule has 2 N–H and O–H groups in total. The van der Waals surface area contributed by atoms with Gasteiger partial charge in [-0.1, -0.05) is 24.3 Å². The first-order valence-electron chi connectivity index (χ1n) is 9.31. The fourth-order valence-electron chi connectivity index (χ4n) is 2.76. The molecule has 0 unspecified atom stereocenters. The van der Waals surface area contributed by atoms with Gasteiger partial charge in [0.15, 0.2) is 0 Å². The second kappa shape index (κ2) is 10.0. The van der Waals surface area contributed by atoms with Gasteiger partial charge in [0.25, 0.3) is 0 Å². The highest BCUT2D eigenvalue weighted by Crippen LogP contribution is 2.47. The predicted molar refractivity (Wildman–Crippen MR) is 112 cm³/mol. The standard InChI is InChI=1S/C20H28N3O4P/c1-23(2)28(24)21-19-7-3-5-17(13-19)15-26-11-9-25-10-12-27-16-18-6-4-8-20(14-18)22-28/h3-8,13-14H,9-12,15-16H2,1-2H3,(H2,21,22,24). The van der Waals surface area contributed by atoms with Gasteiger partial charge in [-0.05, 0) is 49.5 Å². The topological polar surface area (TPSA) is 72.1 Å². The second-order valence-corrected chi connectivity index (χ2v) is 9.16. The van der Waals surface area contributed by atoms with Gasteiger partial charge in [-0.25, -0.2) is 4.67 Å². The molecule has 1 aliphatic rings. The number of ether oxygens (including phenoxy) is 3. The summed E-state index contributed by atoms with van der Waals surface area (Å²) in [6.45, 7) is 3.01. The minimum atomic E-state index is -3.09. The number of hydrogen-bond donors (Lipinski definition) is 2. The Hall–Kier alpha value is -1.89. The van der Waals surface area contributed by atoms with E-state index in [1.807, 2.05) is 48.5 Å².